The third kappa shape index (κ3) is 3.50. The number of piperidine rings is 1. The van der Waals surface area contributed by atoms with E-state index in [2.05, 4.69) is 20.5 Å². The highest BCUT2D eigenvalue weighted by molar-refractivity contribution is 6.34. The third-order valence-electron chi connectivity index (χ3n) is 5.27. The Morgan fingerprint density at radius 3 is 2.62 bits per heavy atom. The van der Waals surface area contributed by atoms with Gasteiger partial charge in [-0.05, 0) is 50.2 Å². The first-order valence-electron chi connectivity index (χ1n) is 8.67. The Bertz CT molecular complexity index is 826. The van der Waals surface area contributed by atoms with Crippen molar-refractivity contribution in [1.29, 1.82) is 0 Å². The van der Waals surface area contributed by atoms with E-state index in [4.69, 9.17) is 27.6 Å². The average Bonchev–Trinajstić information content (AvgIpc) is 3.21. The van der Waals surface area contributed by atoms with Crippen molar-refractivity contribution in [3.05, 3.63) is 22.4 Å². The van der Waals surface area contributed by atoms with Crippen molar-refractivity contribution < 1.29 is 9.21 Å². The fourth-order valence-electron chi connectivity index (χ4n) is 3.36. The molecule has 3 heterocycles. The SMILES string of the molecule is C[C@H](Nc1nnc(-c2ccc(Cl)nc2Cl)o1)C(=O)N1CCC2(CC1)CC2. The molecule has 26 heavy (non-hydrogen) atoms. The van der Waals surface area contributed by atoms with Crippen molar-refractivity contribution in [2.75, 3.05) is 18.4 Å². The van der Waals surface area contributed by atoms with E-state index in [1.807, 2.05) is 4.90 Å². The standard InChI is InChI=1S/C17H19Cl2N5O2/c1-10(15(25)24-8-6-17(4-5-17)7-9-24)20-16-23-22-14(26-16)11-2-3-12(18)21-13(11)19/h2-3,10H,4-9H2,1H3,(H,20,23)/t10-/m0/s1. The number of hydrogen-bond acceptors (Lipinski definition) is 6. The molecule has 0 aromatic carbocycles. The van der Waals surface area contributed by atoms with Gasteiger partial charge in [0.05, 0.1) is 5.56 Å². The van der Waals surface area contributed by atoms with Crippen LogP contribution in [0.1, 0.15) is 32.6 Å². The van der Waals surface area contributed by atoms with Crippen LogP contribution in [0.2, 0.25) is 10.3 Å². The minimum Gasteiger partial charge on any atom is -0.403 e. The summed E-state index contributed by atoms with van der Waals surface area (Å²) in [4.78, 5) is 18.5. The number of hydrogen-bond donors (Lipinski definition) is 1. The van der Waals surface area contributed by atoms with Crippen LogP contribution in [0.25, 0.3) is 11.5 Å². The Kier molecular flexibility index (Phi) is 4.52. The minimum absolute atomic E-state index is 0.0476. The molecule has 1 spiro atoms. The van der Waals surface area contributed by atoms with E-state index >= 15 is 0 Å². The summed E-state index contributed by atoms with van der Waals surface area (Å²) >= 11 is 11.8. The summed E-state index contributed by atoms with van der Waals surface area (Å²) in [6, 6.07) is 2.97. The lowest BCUT2D eigenvalue weighted by molar-refractivity contribution is -0.133. The predicted octanol–water partition coefficient (Wildman–Crippen LogP) is 3.64. The van der Waals surface area contributed by atoms with Crippen LogP contribution in [0.5, 0.6) is 0 Å². The van der Waals surface area contributed by atoms with Crippen molar-refractivity contribution >= 4 is 35.1 Å². The largest absolute Gasteiger partial charge is 0.403 e. The fourth-order valence-corrected chi connectivity index (χ4v) is 3.79. The molecule has 1 saturated heterocycles. The van der Waals surface area contributed by atoms with Crippen LogP contribution in [0, 0.1) is 5.41 Å². The maximum atomic E-state index is 12.6. The van der Waals surface area contributed by atoms with Crippen molar-refractivity contribution in [3.8, 4) is 11.5 Å². The van der Waals surface area contributed by atoms with Gasteiger partial charge in [0.15, 0.2) is 0 Å². The molecule has 1 saturated carbocycles. The summed E-state index contributed by atoms with van der Waals surface area (Å²) in [6.07, 6.45) is 4.85. The lowest BCUT2D eigenvalue weighted by Gasteiger charge is -2.33. The van der Waals surface area contributed by atoms with Gasteiger partial charge in [-0.15, -0.1) is 5.10 Å². The summed E-state index contributed by atoms with van der Waals surface area (Å²) < 4.78 is 5.57. The molecular formula is C17H19Cl2N5O2. The zero-order valence-corrected chi connectivity index (χ0v) is 15.8. The van der Waals surface area contributed by atoms with Crippen molar-refractivity contribution in [3.63, 3.8) is 0 Å². The van der Waals surface area contributed by atoms with Gasteiger partial charge >= 0.3 is 6.01 Å². The fraction of sp³-hybridized carbons (Fsp3) is 0.529. The first-order chi connectivity index (χ1) is 12.5. The molecule has 2 aromatic heterocycles. The lowest BCUT2D eigenvalue weighted by atomic mass is 9.93. The summed E-state index contributed by atoms with van der Waals surface area (Å²) in [5.74, 6) is 0.265. The Hall–Kier alpha value is -1.86. The van der Waals surface area contributed by atoms with Gasteiger partial charge in [-0.1, -0.05) is 28.3 Å². The molecule has 0 bridgehead atoms. The van der Waals surface area contributed by atoms with Crippen molar-refractivity contribution in [2.24, 2.45) is 5.41 Å². The van der Waals surface area contributed by atoms with E-state index in [0.717, 1.165) is 25.9 Å². The summed E-state index contributed by atoms with van der Waals surface area (Å²) in [6.45, 7) is 3.45. The van der Waals surface area contributed by atoms with Crippen LogP contribution >= 0.6 is 23.2 Å². The lowest BCUT2D eigenvalue weighted by Crippen LogP contribution is -2.45. The number of halogens is 2. The highest BCUT2D eigenvalue weighted by Gasteiger charge is 2.45. The normalized spacial score (nSPS) is 19.4. The zero-order chi connectivity index (χ0) is 18.3. The number of nitrogens with one attached hydrogen (secondary N) is 1. The van der Waals surface area contributed by atoms with Gasteiger partial charge in [0.1, 0.15) is 16.3 Å². The van der Waals surface area contributed by atoms with Gasteiger partial charge < -0.3 is 14.6 Å². The molecule has 2 aromatic rings. The maximum Gasteiger partial charge on any atom is 0.316 e. The molecule has 138 valence electrons. The van der Waals surface area contributed by atoms with Gasteiger partial charge in [-0.2, -0.15) is 0 Å². The number of carbonyl (C=O) groups excluding carboxylic acids is 1. The summed E-state index contributed by atoms with van der Waals surface area (Å²) in [7, 11) is 0. The predicted molar refractivity (Wildman–Crippen MR) is 98.1 cm³/mol. The van der Waals surface area contributed by atoms with Crippen LogP contribution in [0.3, 0.4) is 0 Å². The molecule has 1 aliphatic carbocycles. The zero-order valence-electron chi connectivity index (χ0n) is 14.3. The quantitative estimate of drug-likeness (QED) is 0.795. The van der Waals surface area contributed by atoms with Gasteiger partial charge in [0, 0.05) is 13.1 Å². The molecular weight excluding hydrogens is 377 g/mol. The highest BCUT2D eigenvalue weighted by atomic mass is 35.5. The molecule has 7 nitrogen and oxygen atoms in total. The van der Waals surface area contributed by atoms with E-state index in [0.29, 0.717) is 11.0 Å². The molecule has 1 amide bonds. The van der Waals surface area contributed by atoms with Crippen LogP contribution in [0.4, 0.5) is 6.01 Å². The highest BCUT2D eigenvalue weighted by Crippen LogP contribution is 2.53. The Morgan fingerprint density at radius 1 is 1.23 bits per heavy atom. The second-order valence-corrected chi connectivity index (χ2v) is 7.82. The maximum absolute atomic E-state index is 12.6. The van der Waals surface area contributed by atoms with E-state index < -0.39 is 6.04 Å². The molecule has 2 aliphatic rings. The van der Waals surface area contributed by atoms with Gasteiger partial charge in [0.25, 0.3) is 5.89 Å². The Labute approximate surface area is 161 Å². The smallest absolute Gasteiger partial charge is 0.316 e. The second kappa shape index (κ2) is 6.70. The number of anilines is 1. The van der Waals surface area contributed by atoms with E-state index in [1.165, 1.54) is 12.8 Å². The molecule has 1 atom stereocenters. The molecule has 1 aliphatic heterocycles. The minimum atomic E-state index is -0.449. The number of pyridine rings is 1. The third-order valence-corrected chi connectivity index (χ3v) is 5.77. The monoisotopic (exact) mass is 395 g/mol. The molecule has 0 radical (unpaired) electrons. The van der Waals surface area contributed by atoms with Crippen molar-refractivity contribution in [1.82, 2.24) is 20.1 Å². The first-order valence-corrected chi connectivity index (χ1v) is 9.43. The molecule has 2 fully saturated rings. The van der Waals surface area contributed by atoms with Crippen LogP contribution in [-0.4, -0.2) is 45.1 Å². The molecule has 0 unspecified atom stereocenters. The van der Waals surface area contributed by atoms with Gasteiger partial charge in [-0.3, -0.25) is 4.79 Å². The van der Waals surface area contributed by atoms with E-state index in [9.17, 15) is 4.79 Å². The Balaban J connectivity index is 1.39. The van der Waals surface area contributed by atoms with Crippen molar-refractivity contribution in [2.45, 2.75) is 38.6 Å². The summed E-state index contributed by atoms with van der Waals surface area (Å²) in [5, 5.41) is 11.3. The second-order valence-electron chi connectivity index (χ2n) is 7.08. The molecule has 9 heteroatoms. The number of amides is 1. The van der Waals surface area contributed by atoms with E-state index in [1.54, 1.807) is 19.1 Å². The molecule has 1 N–H and O–H groups in total. The topological polar surface area (TPSA) is 84.1 Å². The number of aromatic nitrogens is 3. The Morgan fingerprint density at radius 2 is 1.96 bits per heavy atom. The number of carbonyl (C=O) groups is 1. The molecule has 4 rings (SSSR count). The number of nitrogens with zero attached hydrogens (tertiary/aromatic N) is 4. The first kappa shape index (κ1) is 17.5. The van der Waals surface area contributed by atoms with Crippen LogP contribution in [-0.2, 0) is 4.79 Å². The van der Waals surface area contributed by atoms with E-state index in [-0.39, 0.29) is 28.1 Å². The number of likely N-dealkylation sites (tertiary alicyclic amines) is 1. The van der Waals surface area contributed by atoms with Gasteiger partial charge in [0.2, 0.25) is 5.91 Å². The van der Waals surface area contributed by atoms with Gasteiger partial charge in [-0.25, -0.2) is 4.98 Å². The van der Waals surface area contributed by atoms with Crippen LogP contribution < -0.4 is 5.32 Å². The number of rotatable bonds is 4. The summed E-state index contributed by atoms with van der Waals surface area (Å²) in [5.41, 5.74) is 1.03. The average molecular weight is 396 g/mol. The van der Waals surface area contributed by atoms with Crippen LogP contribution in [0.15, 0.2) is 16.5 Å².